The Balaban J connectivity index is 0.000000694. The normalized spacial score (nSPS) is 12.0. The number of quaternary nitrogens is 1. The van der Waals surface area contributed by atoms with Gasteiger partial charge < -0.3 is 29.9 Å². The van der Waals surface area contributed by atoms with Crippen molar-refractivity contribution in [3.8, 4) is 5.75 Å². The molecule has 0 aliphatic heterocycles. The summed E-state index contributed by atoms with van der Waals surface area (Å²) < 4.78 is 65.5. The number of aromatic nitrogens is 4. The number of fused-ring (bicyclic) bond motifs is 1. The zero-order valence-electron chi connectivity index (χ0n) is 26.9. The van der Waals surface area contributed by atoms with Crippen molar-refractivity contribution >= 4 is 49.9 Å². The Kier molecular flexibility index (Phi) is 13.2. The van der Waals surface area contributed by atoms with Crippen LogP contribution >= 0.6 is 0 Å². The third kappa shape index (κ3) is 11.7. The molecule has 2 heterocycles. The predicted octanol–water partition coefficient (Wildman–Crippen LogP) is 3.61. The van der Waals surface area contributed by atoms with Gasteiger partial charge in [-0.25, -0.2) is 18.4 Å². The summed E-state index contributed by atoms with van der Waals surface area (Å²) >= 11 is 0. The van der Waals surface area contributed by atoms with E-state index < -0.39 is 15.6 Å². The molecule has 4 N–H and O–H groups in total. The monoisotopic (exact) mass is 696 g/mol. The first-order valence-corrected chi connectivity index (χ1v) is 16.2. The van der Waals surface area contributed by atoms with E-state index in [0.29, 0.717) is 35.0 Å². The largest absolute Gasteiger partial charge is 0.741 e. The summed E-state index contributed by atoms with van der Waals surface area (Å²) in [7, 11) is 0.152. The number of hydrogen-bond donors (Lipinski definition) is 4. The van der Waals surface area contributed by atoms with Crippen molar-refractivity contribution in [1.29, 1.82) is 0 Å². The Morgan fingerprint density at radius 3 is 2.48 bits per heavy atom. The quantitative estimate of drug-likeness (QED) is 0.0654. The van der Waals surface area contributed by atoms with Gasteiger partial charge in [0.15, 0.2) is 15.9 Å². The van der Waals surface area contributed by atoms with Gasteiger partial charge in [-0.2, -0.15) is 18.3 Å². The molecule has 1 amide bonds. The molecule has 14 nitrogen and oxygen atoms in total. The van der Waals surface area contributed by atoms with Crippen LogP contribution in [0.1, 0.15) is 19.0 Å². The summed E-state index contributed by atoms with van der Waals surface area (Å²) in [6.45, 7) is 5.28. The number of rotatable bonds is 14. The van der Waals surface area contributed by atoms with Crippen molar-refractivity contribution in [2.75, 3.05) is 64.6 Å². The average molecular weight is 697 g/mol. The van der Waals surface area contributed by atoms with Gasteiger partial charge in [0, 0.05) is 48.1 Å². The number of aliphatic hydroxyl groups is 1. The molecule has 0 bridgehead atoms. The predicted molar refractivity (Wildman–Crippen MR) is 175 cm³/mol. The van der Waals surface area contributed by atoms with Gasteiger partial charge in [-0.1, -0.05) is 13.0 Å². The number of ether oxygens (including phenoxy) is 1. The molecule has 0 radical (unpaired) electrons. The van der Waals surface area contributed by atoms with E-state index in [2.05, 4.69) is 63.8 Å². The molecule has 2 aromatic heterocycles. The van der Waals surface area contributed by atoms with Crippen LogP contribution in [0.4, 0.5) is 36.2 Å². The maximum atomic E-state index is 12.7. The first-order chi connectivity index (χ1) is 22.5. The second kappa shape index (κ2) is 16.6. The molecule has 0 aliphatic rings. The molecule has 2 aromatic carbocycles. The Labute approximate surface area is 276 Å². The number of anilines is 3. The first-order valence-electron chi connectivity index (χ1n) is 14.8. The first kappa shape index (κ1) is 38.1. The Bertz CT molecular complexity index is 1760. The lowest BCUT2D eigenvalue weighted by Crippen LogP contribution is -2.34. The molecule has 262 valence electrons. The van der Waals surface area contributed by atoms with Crippen LogP contribution in [0.2, 0.25) is 0 Å². The topological polar surface area (TPSA) is 185 Å². The maximum absolute atomic E-state index is 12.7. The van der Waals surface area contributed by atoms with Crippen LogP contribution in [0.3, 0.4) is 0 Å². The number of aliphatic hydroxyl groups excluding tert-OH is 1. The lowest BCUT2D eigenvalue weighted by Gasteiger charge is -2.23. The van der Waals surface area contributed by atoms with Crippen molar-refractivity contribution in [2.24, 2.45) is 0 Å². The second-order valence-electron chi connectivity index (χ2n) is 11.4. The van der Waals surface area contributed by atoms with Crippen LogP contribution in [0.25, 0.3) is 10.9 Å². The molecular formula is C30H39F3N8O6S. The smallest absolute Gasteiger partial charge is 0.485 e. The molecule has 4 rings (SSSR count). The number of benzene rings is 2. The van der Waals surface area contributed by atoms with Crippen molar-refractivity contribution in [3.05, 3.63) is 60.6 Å². The van der Waals surface area contributed by atoms with Crippen LogP contribution < -0.4 is 19.9 Å². The number of amides is 1. The highest BCUT2D eigenvalue weighted by atomic mass is 32.2. The average Bonchev–Trinajstić information content (AvgIpc) is 3.44. The summed E-state index contributed by atoms with van der Waals surface area (Å²) in [6, 6.07) is 15.3. The molecule has 4 aromatic rings. The molecule has 18 heteroatoms. The fourth-order valence-electron chi connectivity index (χ4n) is 4.29. The molecule has 48 heavy (non-hydrogen) atoms. The van der Waals surface area contributed by atoms with E-state index in [1.54, 1.807) is 6.07 Å². The lowest BCUT2D eigenvalue weighted by atomic mass is 10.2. The third-order valence-corrected chi connectivity index (χ3v) is 7.34. The fourth-order valence-corrected chi connectivity index (χ4v) is 4.29. The number of carbonyl (C=O) groups is 1. The van der Waals surface area contributed by atoms with Gasteiger partial charge in [-0.05, 0) is 37.2 Å². The maximum Gasteiger partial charge on any atom is 0.485 e. The molecule has 0 atom stereocenters. The van der Waals surface area contributed by atoms with Crippen LogP contribution in [0.15, 0.2) is 54.9 Å². The summed E-state index contributed by atoms with van der Waals surface area (Å²) in [5.74, 6) is 1.77. The minimum absolute atomic E-state index is 0.135. The highest BCUT2D eigenvalue weighted by Crippen LogP contribution is 2.26. The van der Waals surface area contributed by atoms with E-state index in [4.69, 9.17) is 22.8 Å². The molecule has 0 unspecified atom stereocenters. The van der Waals surface area contributed by atoms with Crippen molar-refractivity contribution in [2.45, 2.75) is 25.3 Å². The molecule has 0 saturated heterocycles. The summed E-state index contributed by atoms with van der Waals surface area (Å²) in [6.07, 6.45) is 2.52. The SMILES string of the molecule is CCN(CCO)CCCOc1ccc2c(Nc3cc(CC(=O)Nc4cccc([N+](C)(C)C)c4)[nH]n3)ncnc2c1.O=S(=O)([O-])C(F)(F)F. The van der Waals surface area contributed by atoms with Gasteiger partial charge in [-0.3, -0.25) is 14.4 Å². The van der Waals surface area contributed by atoms with Crippen molar-refractivity contribution < 1.29 is 40.8 Å². The number of H-pyrrole nitrogens is 1. The third-order valence-electron chi connectivity index (χ3n) is 6.78. The van der Waals surface area contributed by atoms with Gasteiger partial charge in [0.05, 0.1) is 46.3 Å². The highest BCUT2D eigenvalue weighted by molar-refractivity contribution is 7.86. The zero-order valence-corrected chi connectivity index (χ0v) is 27.7. The number of nitrogens with zero attached hydrogens (tertiary/aromatic N) is 5. The number of likely N-dealkylation sites (N-methyl/N-ethyl adjacent to an activating group) is 1. The minimum Gasteiger partial charge on any atom is -0.741 e. The summed E-state index contributed by atoms with van der Waals surface area (Å²) in [5, 5.41) is 23.4. The number of aromatic amines is 1. The Hall–Kier alpha value is -4.36. The van der Waals surface area contributed by atoms with Crippen LogP contribution in [0.5, 0.6) is 5.75 Å². The van der Waals surface area contributed by atoms with Gasteiger partial charge in [-0.15, -0.1) is 0 Å². The number of halogens is 3. The minimum atomic E-state index is -6.09. The van der Waals surface area contributed by atoms with Crippen molar-refractivity contribution in [1.82, 2.24) is 29.5 Å². The fraction of sp³-hybridized carbons (Fsp3) is 0.400. The van der Waals surface area contributed by atoms with Crippen LogP contribution in [-0.4, -0.2) is 109 Å². The molecule has 0 saturated carbocycles. The van der Waals surface area contributed by atoms with Gasteiger partial charge >= 0.3 is 5.51 Å². The molecular weight excluding hydrogens is 657 g/mol. The molecule has 0 fully saturated rings. The summed E-state index contributed by atoms with van der Waals surface area (Å²) in [5.41, 5.74) is -2.37. The van der Waals surface area contributed by atoms with E-state index >= 15 is 0 Å². The Morgan fingerprint density at radius 1 is 1.10 bits per heavy atom. The summed E-state index contributed by atoms with van der Waals surface area (Å²) in [4.78, 5) is 23.6. The van der Waals surface area contributed by atoms with E-state index in [1.165, 1.54) is 6.33 Å². The van der Waals surface area contributed by atoms with Gasteiger partial charge in [0.2, 0.25) is 5.91 Å². The van der Waals surface area contributed by atoms with E-state index in [0.717, 1.165) is 47.5 Å². The standard InChI is InChI=1S/C29H38N8O3.CHF3O3S/c1-5-36(13-14-38)12-7-15-40-24-10-11-25-26(19-24)30-20-31-29(25)33-27-17-22(34-35-27)18-28(39)32-21-8-6-9-23(16-21)37(2,3)4;2-1(3,4)8(5,6)7/h6,8-11,16-17,19-20,38H,5,7,12-15,18H2,1-4H3,(H2-,30,31,32,33,34,35,39);(H,5,6,7). The van der Waals surface area contributed by atoms with E-state index in [9.17, 15) is 18.0 Å². The number of alkyl halides is 3. The zero-order chi connectivity index (χ0) is 35.5. The lowest BCUT2D eigenvalue weighted by molar-refractivity contribution is -0.115. The number of nitrogens with one attached hydrogen (secondary N) is 3. The van der Waals surface area contributed by atoms with Gasteiger partial charge in [0.25, 0.3) is 0 Å². The van der Waals surface area contributed by atoms with Crippen LogP contribution in [0, 0.1) is 0 Å². The van der Waals surface area contributed by atoms with Gasteiger partial charge in [0.1, 0.15) is 23.6 Å². The van der Waals surface area contributed by atoms with E-state index in [-0.39, 0.29) is 18.9 Å². The molecule has 0 aliphatic carbocycles. The molecule has 0 spiro atoms. The van der Waals surface area contributed by atoms with Crippen LogP contribution in [-0.2, 0) is 21.3 Å². The number of carbonyl (C=O) groups excluding carboxylic acids is 1. The second-order valence-corrected chi connectivity index (χ2v) is 12.7. The number of hydrogen-bond acceptors (Lipinski definition) is 11. The van der Waals surface area contributed by atoms with E-state index in [1.807, 2.05) is 42.5 Å². The Morgan fingerprint density at radius 2 is 1.83 bits per heavy atom. The van der Waals surface area contributed by atoms with Crippen molar-refractivity contribution in [3.63, 3.8) is 0 Å². The highest BCUT2D eigenvalue weighted by Gasteiger charge is 2.37.